The van der Waals surface area contributed by atoms with Crippen molar-refractivity contribution in [2.45, 2.75) is 26.7 Å². The largest absolute Gasteiger partial charge is 0.478 e. The third kappa shape index (κ3) is 1.85. The topological polar surface area (TPSA) is 37.3 Å². The van der Waals surface area contributed by atoms with E-state index in [0.717, 1.165) is 22.6 Å². The van der Waals surface area contributed by atoms with Crippen molar-refractivity contribution in [3.63, 3.8) is 0 Å². The molecule has 0 fully saturated rings. The molecular formula is C9H12O2S. The van der Waals surface area contributed by atoms with E-state index in [1.54, 1.807) is 17.4 Å². The molecule has 1 aromatic heterocycles. The summed E-state index contributed by atoms with van der Waals surface area (Å²) in [7, 11) is 0. The molecule has 0 saturated carbocycles. The van der Waals surface area contributed by atoms with E-state index < -0.39 is 5.97 Å². The van der Waals surface area contributed by atoms with E-state index in [4.69, 9.17) is 5.11 Å². The molecule has 0 aromatic carbocycles. The Labute approximate surface area is 75.9 Å². The zero-order chi connectivity index (χ0) is 9.14. The average Bonchev–Trinajstić information content (AvgIpc) is 2.32. The van der Waals surface area contributed by atoms with Gasteiger partial charge in [0.2, 0.25) is 0 Å². The lowest BCUT2D eigenvalue weighted by atomic mass is 10.2. The second-order valence-electron chi connectivity index (χ2n) is 2.75. The van der Waals surface area contributed by atoms with Crippen LogP contribution in [0.15, 0.2) is 6.07 Å². The summed E-state index contributed by atoms with van der Waals surface area (Å²) in [6.07, 6.45) is 1.88. The molecule has 2 nitrogen and oxygen atoms in total. The van der Waals surface area contributed by atoms with Gasteiger partial charge in [-0.15, -0.1) is 11.3 Å². The number of aryl methyl sites for hydroxylation is 2. The first-order chi connectivity index (χ1) is 5.65. The summed E-state index contributed by atoms with van der Waals surface area (Å²) in [6.45, 7) is 4.00. The van der Waals surface area contributed by atoms with Crippen molar-refractivity contribution >= 4 is 17.3 Å². The average molecular weight is 184 g/mol. The van der Waals surface area contributed by atoms with Gasteiger partial charge in [0.1, 0.15) is 0 Å². The summed E-state index contributed by atoms with van der Waals surface area (Å²) in [4.78, 5) is 12.8. The van der Waals surface area contributed by atoms with Gasteiger partial charge in [-0.1, -0.05) is 13.3 Å². The molecule has 1 heterocycles. The third-order valence-corrected chi connectivity index (χ3v) is 2.75. The Hall–Kier alpha value is -0.830. The number of carboxylic acids is 1. The lowest BCUT2D eigenvalue weighted by Crippen LogP contribution is -1.97. The molecule has 0 unspecified atom stereocenters. The van der Waals surface area contributed by atoms with E-state index in [-0.39, 0.29) is 0 Å². The lowest BCUT2D eigenvalue weighted by Gasteiger charge is -1.94. The van der Waals surface area contributed by atoms with Gasteiger partial charge in [0.15, 0.2) is 0 Å². The second kappa shape index (κ2) is 3.72. The molecule has 0 amide bonds. The van der Waals surface area contributed by atoms with Crippen molar-refractivity contribution in [2.75, 3.05) is 0 Å². The Bertz CT molecular complexity index is 289. The van der Waals surface area contributed by atoms with E-state index >= 15 is 0 Å². The number of hydrogen-bond acceptors (Lipinski definition) is 2. The van der Waals surface area contributed by atoms with Crippen molar-refractivity contribution in [1.82, 2.24) is 0 Å². The highest BCUT2D eigenvalue weighted by Crippen LogP contribution is 2.22. The van der Waals surface area contributed by atoms with Gasteiger partial charge in [-0.2, -0.15) is 0 Å². The molecule has 0 atom stereocenters. The predicted octanol–water partition coefficient (Wildman–Crippen LogP) is 2.71. The van der Waals surface area contributed by atoms with Gasteiger partial charge in [-0.3, -0.25) is 0 Å². The van der Waals surface area contributed by atoms with Gasteiger partial charge in [0.25, 0.3) is 0 Å². The standard InChI is InChI=1S/C9H12O2S/c1-3-4-8-7(9(10)11)5-6(2)12-8/h5H,3-4H2,1-2H3,(H,10,11). The van der Waals surface area contributed by atoms with E-state index in [1.807, 2.05) is 6.92 Å². The van der Waals surface area contributed by atoms with Crippen LogP contribution in [0.2, 0.25) is 0 Å². The van der Waals surface area contributed by atoms with Gasteiger partial charge in [-0.25, -0.2) is 4.79 Å². The fourth-order valence-corrected chi connectivity index (χ4v) is 2.28. The first kappa shape index (κ1) is 9.26. The molecule has 12 heavy (non-hydrogen) atoms. The molecule has 1 N–H and O–H groups in total. The van der Waals surface area contributed by atoms with Crippen LogP contribution in [0.5, 0.6) is 0 Å². The molecule has 1 aromatic rings. The molecule has 0 radical (unpaired) electrons. The molecule has 0 aliphatic rings. The van der Waals surface area contributed by atoms with Gasteiger partial charge in [0.05, 0.1) is 5.56 Å². The van der Waals surface area contributed by atoms with Gasteiger partial charge in [-0.05, 0) is 19.4 Å². The summed E-state index contributed by atoms with van der Waals surface area (Å²) in [5.41, 5.74) is 0.486. The zero-order valence-corrected chi connectivity index (χ0v) is 8.07. The summed E-state index contributed by atoms with van der Waals surface area (Å²) in [5, 5.41) is 8.81. The van der Waals surface area contributed by atoms with Crippen LogP contribution in [0.1, 0.15) is 33.5 Å². The maximum atomic E-state index is 10.7. The van der Waals surface area contributed by atoms with Gasteiger partial charge < -0.3 is 5.11 Å². The number of aromatic carboxylic acids is 1. The molecule has 0 aliphatic heterocycles. The molecule has 0 spiro atoms. The Morgan fingerprint density at radius 2 is 2.33 bits per heavy atom. The second-order valence-corrected chi connectivity index (χ2v) is 4.09. The quantitative estimate of drug-likeness (QED) is 0.784. The molecule has 0 saturated heterocycles. The normalized spacial score (nSPS) is 10.2. The van der Waals surface area contributed by atoms with Crippen molar-refractivity contribution < 1.29 is 9.90 Å². The van der Waals surface area contributed by atoms with E-state index in [0.29, 0.717) is 5.56 Å². The minimum Gasteiger partial charge on any atom is -0.478 e. The molecule has 0 aliphatic carbocycles. The Kier molecular flexibility index (Phi) is 2.87. The highest BCUT2D eigenvalue weighted by atomic mass is 32.1. The van der Waals surface area contributed by atoms with Crippen LogP contribution in [0, 0.1) is 6.92 Å². The molecular weight excluding hydrogens is 172 g/mol. The van der Waals surface area contributed by atoms with Crippen LogP contribution in [0.3, 0.4) is 0 Å². The monoisotopic (exact) mass is 184 g/mol. The first-order valence-electron chi connectivity index (χ1n) is 3.97. The SMILES string of the molecule is CCCc1sc(C)cc1C(=O)O. The maximum Gasteiger partial charge on any atom is 0.336 e. The fraction of sp³-hybridized carbons (Fsp3) is 0.444. The number of carbonyl (C=O) groups is 1. The molecule has 0 bridgehead atoms. The fourth-order valence-electron chi connectivity index (χ4n) is 1.16. The first-order valence-corrected chi connectivity index (χ1v) is 4.79. The van der Waals surface area contributed by atoms with E-state index in [9.17, 15) is 4.79 Å². The smallest absolute Gasteiger partial charge is 0.336 e. The molecule has 3 heteroatoms. The predicted molar refractivity (Wildman–Crippen MR) is 50.0 cm³/mol. The van der Waals surface area contributed by atoms with Crippen LogP contribution < -0.4 is 0 Å². The summed E-state index contributed by atoms with van der Waals surface area (Å²) < 4.78 is 0. The Balaban J connectivity index is 2.99. The van der Waals surface area contributed by atoms with Crippen molar-refractivity contribution in [3.05, 3.63) is 21.4 Å². The van der Waals surface area contributed by atoms with E-state index in [2.05, 4.69) is 6.92 Å². The summed E-state index contributed by atoms with van der Waals surface area (Å²) in [5.74, 6) is -0.803. The van der Waals surface area contributed by atoms with Crippen molar-refractivity contribution in [3.8, 4) is 0 Å². The van der Waals surface area contributed by atoms with Crippen molar-refractivity contribution in [2.24, 2.45) is 0 Å². The number of carboxylic acid groups (broad SMARTS) is 1. The van der Waals surface area contributed by atoms with Crippen LogP contribution in [-0.4, -0.2) is 11.1 Å². The van der Waals surface area contributed by atoms with Gasteiger partial charge in [0, 0.05) is 9.75 Å². The van der Waals surface area contributed by atoms with Gasteiger partial charge >= 0.3 is 5.97 Å². The number of thiophene rings is 1. The summed E-state index contributed by atoms with van der Waals surface area (Å²) >= 11 is 1.59. The van der Waals surface area contributed by atoms with Crippen LogP contribution in [-0.2, 0) is 6.42 Å². The molecule has 66 valence electrons. The highest BCUT2D eigenvalue weighted by molar-refractivity contribution is 7.12. The molecule has 1 rings (SSSR count). The van der Waals surface area contributed by atoms with Crippen LogP contribution >= 0.6 is 11.3 Å². The van der Waals surface area contributed by atoms with Crippen LogP contribution in [0.4, 0.5) is 0 Å². The lowest BCUT2D eigenvalue weighted by molar-refractivity contribution is 0.0696. The summed E-state index contributed by atoms with van der Waals surface area (Å²) in [6, 6.07) is 1.75. The third-order valence-electron chi connectivity index (χ3n) is 1.64. The number of rotatable bonds is 3. The Morgan fingerprint density at radius 1 is 1.67 bits per heavy atom. The number of hydrogen-bond donors (Lipinski definition) is 1. The zero-order valence-electron chi connectivity index (χ0n) is 7.26. The van der Waals surface area contributed by atoms with Crippen LogP contribution in [0.25, 0.3) is 0 Å². The maximum absolute atomic E-state index is 10.7. The van der Waals surface area contributed by atoms with E-state index in [1.165, 1.54) is 0 Å². The highest BCUT2D eigenvalue weighted by Gasteiger charge is 2.11. The Morgan fingerprint density at radius 3 is 2.83 bits per heavy atom. The minimum absolute atomic E-state index is 0.486. The van der Waals surface area contributed by atoms with Crippen molar-refractivity contribution in [1.29, 1.82) is 0 Å². The minimum atomic E-state index is -0.803.